The fraction of sp³-hybridized carbons (Fsp3) is 0.769. The number of ether oxygens (including phenoxy) is 2. The molecule has 1 aliphatic carbocycles. The van der Waals surface area contributed by atoms with Crippen LogP contribution in [0.5, 0.6) is 6.01 Å². The summed E-state index contributed by atoms with van der Waals surface area (Å²) in [6.45, 7) is 10.5. The van der Waals surface area contributed by atoms with Crippen LogP contribution in [0.15, 0.2) is 0 Å². The molecule has 2 saturated heterocycles. The topological polar surface area (TPSA) is 107 Å². The zero-order chi connectivity index (χ0) is 25.5. The zero-order valence-corrected chi connectivity index (χ0v) is 22.0. The number of rotatable bonds is 5. The van der Waals surface area contributed by atoms with Gasteiger partial charge < -0.3 is 24.6 Å². The maximum atomic E-state index is 12.8. The Morgan fingerprint density at radius 3 is 2.75 bits per heavy atom. The van der Waals surface area contributed by atoms with Crippen LogP contribution < -0.4 is 15.0 Å². The summed E-state index contributed by atoms with van der Waals surface area (Å²) in [7, 11) is 2.18. The van der Waals surface area contributed by atoms with E-state index in [0.29, 0.717) is 50.3 Å². The third-order valence-corrected chi connectivity index (χ3v) is 7.87. The molecule has 3 fully saturated rings. The van der Waals surface area contributed by atoms with Crippen LogP contribution in [0.4, 0.5) is 10.6 Å². The molecule has 196 valence electrons. The molecule has 10 nitrogen and oxygen atoms in total. The highest BCUT2D eigenvalue weighted by Crippen LogP contribution is 2.54. The molecule has 1 aromatic heterocycles. The second-order valence-electron chi connectivity index (χ2n) is 11.9. The molecule has 1 N–H and O–H groups in total. The van der Waals surface area contributed by atoms with E-state index in [4.69, 9.17) is 19.4 Å². The van der Waals surface area contributed by atoms with Crippen molar-refractivity contribution in [1.29, 1.82) is 5.26 Å². The number of nitrogens with one attached hydrogen (secondary N) is 1. The average molecular weight is 498 g/mol. The van der Waals surface area contributed by atoms with Crippen LogP contribution in [-0.2, 0) is 17.7 Å². The zero-order valence-electron chi connectivity index (χ0n) is 22.0. The summed E-state index contributed by atoms with van der Waals surface area (Å²) in [4.78, 5) is 28.8. The Balaban J connectivity index is 1.33. The van der Waals surface area contributed by atoms with Gasteiger partial charge in [0, 0.05) is 44.3 Å². The van der Waals surface area contributed by atoms with E-state index in [9.17, 15) is 10.1 Å². The molecule has 0 aromatic carbocycles. The monoisotopic (exact) mass is 497 g/mol. The van der Waals surface area contributed by atoms with Crippen molar-refractivity contribution in [1.82, 2.24) is 25.1 Å². The molecule has 2 atom stereocenters. The first kappa shape index (κ1) is 25.0. The molecular weight excluding hydrogens is 458 g/mol. The molecule has 0 bridgehead atoms. The smallest absolute Gasteiger partial charge is 0.410 e. The molecule has 1 saturated carbocycles. The molecular formula is C26H39N7O3. The number of nitriles is 1. The highest BCUT2D eigenvalue weighted by Gasteiger charge is 2.50. The van der Waals surface area contributed by atoms with Crippen molar-refractivity contribution in [3.05, 3.63) is 11.3 Å². The Morgan fingerprint density at radius 1 is 1.25 bits per heavy atom. The maximum Gasteiger partial charge on any atom is 0.410 e. The lowest BCUT2D eigenvalue weighted by Gasteiger charge is -2.42. The minimum atomic E-state index is -0.580. The second kappa shape index (κ2) is 9.67. The lowest BCUT2D eigenvalue weighted by Crippen LogP contribution is -2.56. The van der Waals surface area contributed by atoms with Crippen LogP contribution in [0.25, 0.3) is 0 Å². The number of likely N-dealkylation sites (N-methyl/N-ethyl adjacent to an activating group) is 1. The number of piperazine rings is 1. The summed E-state index contributed by atoms with van der Waals surface area (Å²) in [5, 5.41) is 12.9. The molecule has 1 amide bonds. The van der Waals surface area contributed by atoms with Gasteiger partial charge in [-0.05, 0) is 65.5 Å². The molecule has 4 heterocycles. The lowest BCUT2D eigenvalue weighted by atomic mass is 10.0. The maximum absolute atomic E-state index is 12.8. The summed E-state index contributed by atoms with van der Waals surface area (Å²) in [5.41, 5.74) is 2.06. The fourth-order valence-electron chi connectivity index (χ4n) is 5.81. The number of nitrogens with zero attached hydrogens (tertiary/aromatic N) is 6. The Hall–Kier alpha value is -2.64. The van der Waals surface area contributed by atoms with Crippen LogP contribution in [0.2, 0.25) is 0 Å². The molecule has 10 heteroatoms. The van der Waals surface area contributed by atoms with Crippen LogP contribution in [0, 0.1) is 16.7 Å². The Kier molecular flexibility index (Phi) is 6.72. The molecule has 0 unspecified atom stereocenters. The van der Waals surface area contributed by atoms with Gasteiger partial charge in [0.15, 0.2) is 0 Å². The number of fused-ring (bicyclic) bond motifs is 1. The van der Waals surface area contributed by atoms with E-state index in [0.717, 1.165) is 36.6 Å². The Bertz CT molecular complexity index is 1030. The van der Waals surface area contributed by atoms with Gasteiger partial charge in [-0.3, -0.25) is 4.90 Å². The van der Waals surface area contributed by atoms with Gasteiger partial charge in [-0.25, -0.2) is 4.79 Å². The van der Waals surface area contributed by atoms with E-state index >= 15 is 0 Å². The van der Waals surface area contributed by atoms with Crippen molar-refractivity contribution < 1.29 is 14.3 Å². The van der Waals surface area contributed by atoms with E-state index in [-0.39, 0.29) is 18.6 Å². The van der Waals surface area contributed by atoms with Crippen molar-refractivity contribution in [2.75, 3.05) is 51.3 Å². The van der Waals surface area contributed by atoms with Crippen LogP contribution in [0.1, 0.15) is 57.7 Å². The summed E-state index contributed by atoms with van der Waals surface area (Å²) in [5.74, 6) is 0.877. The third-order valence-electron chi connectivity index (χ3n) is 7.87. The largest absolute Gasteiger partial charge is 0.462 e. The number of carbonyl (C=O) groups is 1. The van der Waals surface area contributed by atoms with Crippen LogP contribution >= 0.6 is 0 Å². The third kappa shape index (κ3) is 5.37. The summed E-state index contributed by atoms with van der Waals surface area (Å²) < 4.78 is 11.8. The average Bonchev–Trinajstić information content (AvgIpc) is 3.50. The summed E-state index contributed by atoms with van der Waals surface area (Å²) >= 11 is 0. The highest BCUT2D eigenvalue weighted by atomic mass is 16.6. The molecule has 3 aliphatic heterocycles. The molecule has 1 spiro atoms. The first-order valence-electron chi connectivity index (χ1n) is 13.2. The predicted octanol–water partition coefficient (Wildman–Crippen LogP) is 2.32. The van der Waals surface area contributed by atoms with Gasteiger partial charge in [-0.15, -0.1) is 0 Å². The quantitative estimate of drug-likeness (QED) is 0.656. The number of hydrogen-bond donors (Lipinski definition) is 1. The SMILES string of the molecule is CN1CC2(CC2)C[C@H]1COc1nc2c(c(N3CCN(C(=O)OC(C)(C)C)[C@@H](CC#N)C3)n1)CCNC2. The van der Waals surface area contributed by atoms with E-state index in [1.807, 2.05) is 20.8 Å². The van der Waals surface area contributed by atoms with Crippen LogP contribution in [0.3, 0.4) is 0 Å². The van der Waals surface area contributed by atoms with Gasteiger partial charge in [0.25, 0.3) is 0 Å². The second-order valence-corrected chi connectivity index (χ2v) is 11.9. The first-order valence-corrected chi connectivity index (χ1v) is 13.2. The molecule has 1 aromatic rings. The number of carbonyl (C=O) groups excluding carboxylic acids is 1. The van der Waals surface area contributed by atoms with Crippen molar-refractivity contribution >= 4 is 11.9 Å². The van der Waals surface area contributed by atoms with Gasteiger partial charge in [-0.1, -0.05) is 0 Å². The summed E-state index contributed by atoms with van der Waals surface area (Å²) in [6.07, 6.45) is 4.56. The fourth-order valence-corrected chi connectivity index (χ4v) is 5.81. The highest BCUT2D eigenvalue weighted by molar-refractivity contribution is 5.69. The Morgan fingerprint density at radius 2 is 2.06 bits per heavy atom. The van der Waals surface area contributed by atoms with Gasteiger partial charge in [0.1, 0.15) is 18.0 Å². The lowest BCUT2D eigenvalue weighted by molar-refractivity contribution is 0.0144. The van der Waals surface area contributed by atoms with Gasteiger partial charge in [-0.2, -0.15) is 15.2 Å². The molecule has 36 heavy (non-hydrogen) atoms. The minimum absolute atomic E-state index is 0.240. The predicted molar refractivity (Wildman–Crippen MR) is 135 cm³/mol. The number of amides is 1. The number of likely N-dealkylation sites (tertiary alicyclic amines) is 1. The van der Waals surface area contributed by atoms with Crippen molar-refractivity contribution in [3.8, 4) is 12.1 Å². The van der Waals surface area contributed by atoms with Gasteiger partial charge in [0.05, 0.1) is 24.2 Å². The molecule has 0 radical (unpaired) electrons. The minimum Gasteiger partial charge on any atom is -0.462 e. The first-order chi connectivity index (χ1) is 17.2. The Labute approximate surface area is 213 Å². The van der Waals surface area contributed by atoms with Crippen LogP contribution in [-0.4, -0.2) is 89.9 Å². The number of anilines is 1. The standard InChI is InChI=1S/C26H39N7O3/c1-25(2,3)36-24(34)33-12-11-32(15-18(33)5-9-27)22-20-6-10-28-14-21(20)29-23(30-22)35-16-19-13-26(7-8-26)17-31(19)4/h18-19,28H,5-8,10-17H2,1-4H3/t18-,19-/m0/s1. The normalized spacial score (nSPS) is 25.4. The van der Waals surface area contributed by atoms with E-state index in [1.54, 1.807) is 4.90 Å². The number of hydrogen-bond acceptors (Lipinski definition) is 9. The van der Waals surface area contributed by atoms with Crippen molar-refractivity contribution in [2.24, 2.45) is 5.41 Å². The van der Waals surface area contributed by atoms with E-state index < -0.39 is 5.60 Å². The molecule has 4 aliphatic rings. The summed E-state index contributed by atoms with van der Waals surface area (Å²) in [6, 6.07) is 2.80. The molecule has 5 rings (SSSR count). The van der Waals surface area contributed by atoms with Crippen molar-refractivity contribution in [3.63, 3.8) is 0 Å². The van der Waals surface area contributed by atoms with Gasteiger partial charge in [0.2, 0.25) is 0 Å². The van der Waals surface area contributed by atoms with Crippen molar-refractivity contribution in [2.45, 2.75) is 77.1 Å². The van der Waals surface area contributed by atoms with Gasteiger partial charge >= 0.3 is 12.1 Å². The van der Waals surface area contributed by atoms with E-state index in [2.05, 4.69) is 28.2 Å². The van der Waals surface area contributed by atoms with E-state index in [1.165, 1.54) is 19.3 Å². The number of aromatic nitrogens is 2.